The minimum atomic E-state index is 0.229. The van der Waals surface area contributed by atoms with Gasteiger partial charge in [-0.15, -0.1) is 0 Å². The maximum Gasteiger partial charge on any atom is 0.223 e. The number of pyridine rings is 1. The van der Waals surface area contributed by atoms with Crippen molar-refractivity contribution in [1.82, 2.24) is 14.8 Å². The molecule has 0 bridgehead atoms. The van der Waals surface area contributed by atoms with E-state index in [1.165, 1.54) is 5.56 Å². The van der Waals surface area contributed by atoms with Gasteiger partial charge >= 0.3 is 0 Å². The van der Waals surface area contributed by atoms with Gasteiger partial charge in [0.15, 0.2) is 0 Å². The maximum absolute atomic E-state index is 12.5. The summed E-state index contributed by atoms with van der Waals surface area (Å²) in [6.45, 7) is 7.42. The van der Waals surface area contributed by atoms with Crippen molar-refractivity contribution < 1.29 is 9.53 Å². The zero-order valence-electron chi connectivity index (χ0n) is 16.9. The van der Waals surface area contributed by atoms with Crippen LogP contribution < -0.4 is 9.64 Å². The average Bonchev–Trinajstić information content (AvgIpc) is 2.74. The number of carbonyl (C=O) groups excluding carboxylic acids is 1. The molecule has 3 rings (SSSR count). The van der Waals surface area contributed by atoms with Gasteiger partial charge in [0.1, 0.15) is 18.2 Å². The van der Waals surface area contributed by atoms with Crippen LogP contribution in [0.15, 0.2) is 48.7 Å². The summed E-state index contributed by atoms with van der Waals surface area (Å²) >= 11 is 0. The number of piperazine rings is 1. The van der Waals surface area contributed by atoms with E-state index in [4.69, 9.17) is 4.74 Å². The number of hydrogen-bond acceptors (Lipinski definition) is 5. The van der Waals surface area contributed by atoms with E-state index < -0.39 is 0 Å². The molecule has 2 heterocycles. The first-order chi connectivity index (χ1) is 13.6. The number of hydrogen-bond donors (Lipinski definition) is 0. The summed E-state index contributed by atoms with van der Waals surface area (Å²) in [6.07, 6.45) is 2.36. The number of likely N-dealkylation sites (N-methyl/N-ethyl adjacent to an activating group) is 1. The van der Waals surface area contributed by atoms with Crippen molar-refractivity contribution in [2.45, 2.75) is 13.3 Å². The number of benzene rings is 1. The van der Waals surface area contributed by atoms with Gasteiger partial charge in [-0.3, -0.25) is 4.79 Å². The lowest BCUT2D eigenvalue weighted by Crippen LogP contribution is -2.49. The largest absolute Gasteiger partial charge is 0.492 e. The quantitative estimate of drug-likeness (QED) is 0.702. The number of aryl methyl sites for hydroxylation is 1. The zero-order chi connectivity index (χ0) is 19.8. The van der Waals surface area contributed by atoms with Gasteiger partial charge in [-0.1, -0.05) is 23.8 Å². The van der Waals surface area contributed by atoms with E-state index in [1.807, 2.05) is 60.6 Å². The van der Waals surface area contributed by atoms with Gasteiger partial charge in [-0.25, -0.2) is 4.98 Å². The number of anilines is 1. The van der Waals surface area contributed by atoms with Gasteiger partial charge in [-0.05, 0) is 38.2 Å². The number of carbonyl (C=O) groups is 1. The minimum absolute atomic E-state index is 0.229. The highest BCUT2D eigenvalue weighted by Crippen LogP contribution is 2.13. The second-order valence-electron chi connectivity index (χ2n) is 7.27. The first-order valence-electron chi connectivity index (χ1n) is 9.93. The van der Waals surface area contributed by atoms with Crippen LogP contribution in [0.1, 0.15) is 12.0 Å². The van der Waals surface area contributed by atoms with E-state index in [0.717, 1.165) is 50.8 Å². The summed E-state index contributed by atoms with van der Waals surface area (Å²) in [4.78, 5) is 23.2. The molecule has 0 unspecified atom stereocenters. The second kappa shape index (κ2) is 10.1. The number of ether oxygens (including phenoxy) is 1. The molecule has 0 aliphatic carbocycles. The fraction of sp³-hybridized carbons (Fsp3) is 0.455. The Morgan fingerprint density at radius 2 is 1.82 bits per heavy atom. The van der Waals surface area contributed by atoms with E-state index >= 15 is 0 Å². The van der Waals surface area contributed by atoms with Crippen LogP contribution in [0, 0.1) is 6.92 Å². The number of nitrogens with zero attached hydrogens (tertiary/aromatic N) is 4. The van der Waals surface area contributed by atoms with E-state index in [1.54, 1.807) is 0 Å². The molecule has 6 heteroatoms. The van der Waals surface area contributed by atoms with Crippen molar-refractivity contribution in [1.29, 1.82) is 0 Å². The van der Waals surface area contributed by atoms with Crippen molar-refractivity contribution in [2.24, 2.45) is 0 Å². The third-order valence-corrected chi connectivity index (χ3v) is 5.08. The van der Waals surface area contributed by atoms with Crippen LogP contribution >= 0.6 is 0 Å². The van der Waals surface area contributed by atoms with E-state index in [-0.39, 0.29) is 5.91 Å². The van der Waals surface area contributed by atoms with Crippen LogP contribution in [0.3, 0.4) is 0 Å². The molecule has 150 valence electrons. The molecule has 0 saturated carbocycles. The molecule has 1 aromatic heterocycles. The van der Waals surface area contributed by atoms with Crippen LogP contribution in [0.2, 0.25) is 0 Å². The van der Waals surface area contributed by atoms with Gasteiger partial charge in [0.2, 0.25) is 5.91 Å². The maximum atomic E-state index is 12.5. The molecule has 1 aliphatic heterocycles. The lowest BCUT2D eigenvalue weighted by molar-refractivity contribution is -0.131. The van der Waals surface area contributed by atoms with Gasteiger partial charge in [0.25, 0.3) is 0 Å². The van der Waals surface area contributed by atoms with E-state index in [9.17, 15) is 4.79 Å². The summed E-state index contributed by atoms with van der Waals surface area (Å²) in [5.41, 5.74) is 1.23. The topological polar surface area (TPSA) is 48.9 Å². The Kier molecular flexibility index (Phi) is 7.25. The highest BCUT2D eigenvalue weighted by molar-refractivity contribution is 5.76. The zero-order valence-corrected chi connectivity index (χ0v) is 16.9. The van der Waals surface area contributed by atoms with Crippen LogP contribution in [0.25, 0.3) is 0 Å². The SMILES string of the molecule is Cc1ccc(OCCN(C)CCC(=O)N2CCN(c3ccccn3)CC2)cc1. The highest BCUT2D eigenvalue weighted by Gasteiger charge is 2.21. The first-order valence-corrected chi connectivity index (χ1v) is 9.93. The Labute approximate surface area is 167 Å². The molecule has 28 heavy (non-hydrogen) atoms. The van der Waals surface area contributed by atoms with Gasteiger partial charge < -0.3 is 19.4 Å². The molecular weight excluding hydrogens is 352 g/mol. The lowest BCUT2D eigenvalue weighted by atomic mass is 10.2. The van der Waals surface area contributed by atoms with E-state index in [2.05, 4.69) is 21.7 Å². The Hall–Kier alpha value is -2.60. The molecule has 0 N–H and O–H groups in total. The molecule has 2 aromatic rings. The normalized spacial score (nSPS) is 14.4. The fourth-order valence-electron chi connectivity index (χ4n) is 3.24. The highest BCUT2D eigenvalue weighted by atomic mass is 16.5. The third kappa shape index (κ3) is 5.96. The Morgan fingerprint density at radius 1 is 1.07 bits per heavy atom. The molecule has 1 aromatic carbocycles. The van der Waals surface area contributed by atoms with Gasteiger partial charge in [-0.2, -0.15) is 0 Å². The fourth-order valence-corrected chi connectivity index (χ4v) is 3.24. The van der Waals surface area contributed by atoms with Crippen LogP contribution in [-0.2, 0) is 4.79 Å². The van der Waals surface area contributed by atoms with Crippen molar-refractivity contribution in [3.8, 4) is 5.75 Å². The Bertz CT molecular complexity index is 728. The summed E-state index contributed by atoms with van der Waals surface area (Å²) < 4.78 is 5.76. The predicted octanol–water partition coefficient (Wildman–Crippen LogP) is 2.44. The molecule has 1 aliphatic rings. The molecular formula is C22H30N4O2. The Morgan fingerprint density at radius 3 is 2.50 bits per heavy atom. The summed E-state index contributed by atoms with van der Waals surface area (Å²) in [6, 6.07) is 14.0. The molecule has 0 spiro atoms. The van der Waals surface area contributed by atoms with E-state index in [0.29, 0.717) is 13.0 Å². The molecule has 1 amide bonds. The van der Waals surface area contributed by atoms with Gasteiger partial charge in [0.05, 0.1) is 0 Å². The number of rotatable bonds is 8. The first kappa shape index (κ1) is 20.1. The molecule has 1 fully saturated rings. The van der Waals surface area contributed by atoms with Crippen molar-refractivity contribution in [3.05, 3.63) is 54.2 Å². The minimum Gasteiger partial charge on any atom is -0.492 e. The van der Waals surface area contributed by atoms with Crippen molar-refractivity contribution in [3.63, 3.8) is 0 Å². The van der Waals surface area contributed by atoms with Crippen LogP contribution in [0.4, 0.5) is 5.82 Å². The number of amides is 1. The van der Waals surface area contributed by atoms with Crippen molar-refractivity contribution >= 4 is 11.7 Å². The van der Waals surface area contributed by atoms with Crippen molar-refractivity contribution in [2.75, 3.05) is 57.8 Å². The monoisotopic (exact) mass is 382 g/mol. The number of aromatic nitrogens is 1. The lowest BCUT2D eigenvalue weighted by Gasteiger charge is -2.35. The second-order valence-corrected chi connectivity index (χ2v) is 7.27. The Balaban J connectivity index is 1.32. The summed E-state index contributed by atoms with van der Waals surface area (Å²) in [7, 11) is 2.03. The predicted molar refractivity (Wildman–Crippen MR) is 112 cm³/mol. The summed E-state index contributed by atoms with van der Waals surface area (Å²) in [5.74, 6) is 2.11. The molecule has 1 saturated heterocycles. The van der Waals surface area contributed by atoms with Gasteiger partial charge in [0, 0.05) is 51.9 Å². The standard InChI is InChI=1S/C22H30N4O2/c1-19-6-8-20(9-7-19)28-18-17-24(2)12-10-22(27)26-15-13-25(14-16-26)21-5-3-4-11-23-21/h3-9,11H,10,12-18H2,1-2H3. The third-order valence-electron chi connectivity index (χ3n) is 5.08. The average molecular weight is 383 g/mol. The van der Waals surface area contributed by atoms with Crippen LogP contribution in [0.5, 0.6) is 5.75 Å². The molecule has 0 radical (unpaired) electrons. The van der Waals surface area contributed by atoms with Crippen LogP contribution in [-0.4, -0.2) is 73.6 Å². The smallest absolute Gasteiger partial charge is 0.223 e. The summed E-state index contributed by atoms with van der Waals surface area (Å²) in [5, 5.41) is 0. The molecule has 6 nitrogen and oxygen atoms in total. The molecule has 0 atom stereocenters.